The number of benzene rings is 2. The molecule has 162 valence electrons. The van der Waals surface area contributed by atoms with Crippen LogP contribution in [0.4, 0.5) is 22.0 Å². The lowest BCUT2D eigenvalue weighted by Gasteiger charge is -2.18. The Morgan fingerprint density at radius 3 is 2.61 bits per heavy atom. The van der Waals surface area contributed by atoms with Crippen molar-refractivity contribution < 1.29 is 9.18 Å². The summed E-state index contributed by atoms with van der Waals surface area (Å²) in [6, 6.07) is 11.5. The number of aromatic nitrogens is 3. The number of nitrogens with two attached hydrogens (primary N) is 1. The van der Waals surface area contributed by atoms with Crippen molar-refractivity contribution in [1.82, 2.24) is 19.9 Å². The maximum atomic E-state index is 13.9. The number of nitrogens with one attached hydrogen (secondary N) is 1. The first-order valence-electron chi connectivity index (χ1n) is 9.09. The number of hydrogen-bond acceptors (Lipinski definition) is 7. The number of nitrogens with zero attached hydrogens (tertiary/aromatic N) is 4. The summed E-state index contributed by atoms with van der Waals surface area (Å²) in [5, 5.41) is 3.94. The maximum Gasteiger partial charge on any atom is 0.232 e. The van der Waals surface area contributed by atoms with Gasteiger partial charge in [-0.3, -0.25) is 4.79 Å². The SMILES string of the molecule is CN(Cc1c(F)cccc1Cl)C(=O)CSCc1nc(N)nc(Nc2ccc(Cl)cc2)n1. The molecule has 0 aliphatic rings. The number of hydrogen-bond donors (Lipinski definition) is 2. The first kappa shape index (κ1) is 23.1. The fourth-order valence-corrected chi connectivity index (χ4v) is 3.73. The van der Waals surface area contributed by atoms with E-state index in [0.717, 1.165) is 5.69 Å². The zero-order chi connectivity index (χ0) is 22.4. The minimum atomic E-state index is -0.443. The van der Waals surface area contributed by atoms with Crippen molar-refractivity contribution in [2.24, 2.45) is 0 Å². The van der Waals surface area contributed by atoms with Crippen LogP contribution in [0.3, 0.4) is 0 Å². The van der Waals surface area contributed by atoms with Crippen LogP contribution in [0.15, 0.2) is 42.5 Å². The summed E-state index contributed by atoms with van der Waals surface area (Å²) in [7, 11) is 1.60. The van der Waals surface area contributed by atoms with Crippen LogP contribution >= 0.6 is 35.0 Å². The van der Waals surface area contributed by atoms with Gasteiger partial charge < -0.3 is 16.0 Å². The average molecular weight is 481 g/mol. The third kappa shape index (κ3) is 6.68. The van der Waals surface area contributed by atoms with Crippen LogP contribution in [-0.4, -0.2) is 38.6 Å². The third-order valence-electron chi connectivity index (χ3n) is 4.14. The van der Waals surface area contributed by atoms with Crippen LogP contribution in [0, 0.1) is 5.82 Å². The van der Waals surface area contributed by atoms with Crippen LogP contribution in [0.1, 0.15) is 11.4 Å². The molecule has 1 aromatic heterocycles. The largest absolute Gasteiger partial charge is 0.368 e. The maximum absolute atomic E-state index is 13.9. The molecule has 0 fully saturated rings. The molecule has 0 spiro atoms. The number of halogens is 3. The summed E-state index contributed by atoms with van der Waals surface area (Å²) in [4.78, 5) is 26.3. The molecule has 0 saturated carbocycles. The van der Waals surface area contributed by atoms with E-state index in [0.29, 0.717) is 22.5 Å². The van der Waals surface area contributed by atoms with E-state index in [-0.39, 0.29) is 34.7 Å². The van der Waals surface area contributed by atoms with Gasteiger partial charge >= 0.3 is 0 Å². The highest BCUT2D eigenvalue weighted by atomic mass is 35.5. The molecule has 0 bridgehead atoms. The molecule has 1 amide bonds. The minimum Gasteiger partial charge on any atom is -0.368 e. The van der Waals surface area contributed by atoms with Gasteiger partial charge in [0.2, 0.25) is 17.8 Å². The first-order chi connectivity index (χ1) is 14.8. The third-order valence-corrected chi connectivity index (χ3v) is 5.66. The molecule has 11 heteroatoms. The highest BCUT2D eigenvalue weighted by molar-refractivity contribution is 7.99. The van der Waals surface area contributed by atoms with Gasteiger partial charge in [0.05, 0.1) is 11.5 Å². The fourth-order valence-electron chi connectivity index (χ4n) is 2.57. The highest BCUT2D eigenvalue weighted by Crippen LogP contribution is 2.21. The van der Waals surface area contributed by atoms with E-state index in [1.807, 2.05) is 0 Å². The summed E-state index contributed by atoms with van der Waals surface area (Å²) in [5.74, 6) is 0.687. The highest BCUT2D eigenvalue weighted by Gasteiger charge is 2.15. The lowest BCUT2D eigenvalue weighted by atomic mass is 10.2. The van der Waals surface area contributed by atoms with E-state index >= 15 is 0 Å². The molecule has 3 N–H and O–H groups in total. The smallest absolute Gasteiger partial charge is 0.232 e. The Kier molecular flexibility index (Phi) is 7.89. The molecule has 0 saturated heterocycles. The summed E-state index contributed by atoms with van der Waals surface area (Å²) in [6.07, 6.45) is 0. The van der Waals surface area contributed by atoms with Gasteiger partial charge in [-0.1, -0.05) is 29.3 Å². The first-order valence-corrected chi connectivity index (χ1v) is 11.0. The van der Waals surface area contributed by atoms with Gasteiger partial charge in [0.1, 0.15) is 11.6 Å². The van der Waals surface area contributed by atoms with Crippen molar-refractivity contribution in [2.75, 3.05) is 23.9 Å². The Balaban J connectivity index is 1.55. The Bertz CT molecular complexity index is 1050. The number of nitrogen functional groups attached to an aromatic ring is 1. The number of carbonyl (C=O) groups excluding carboxylic acids is 1. The molecule has 7 nitrogen and oxygen atoms in total. The van der Waals surface area contributed by atoms with Crippen LogP contribution in [0.5, 0.6) is 0 Å². The van der Waals surface area contributed by atoms with E-state index in [4.69, 9.17) is 28.9 Å². The quantitative estimate of drug-likeness (QED) is 0.488. The van der Waals surface area contributed by atoms with Crippen molar-refractivity contribution in [3.8, 4) is 0 Å². The van der Waals surface area contributed by atoms with Crippen LogP contribution in [0.2, 0.25) is 10.0 Å². The molecule has 0 radical (unpaired) electrons. The predicted molar refractivity (Wildman–Crippen MR) is 123 cm³/mol. The second kappa shape index (κ2) is 10.6. The van der Waals surface area contributed by atoms with Gasteiger partial charge in [-0.25, -0.2) is 4.39 Å². The lowest BCUT2D eigenvalue weighted by molar-refractivity contribution is -0.127. The van der Waals surface area contributed by atoms with E-state index in [9.17, 15) is 9.18 Å². The van der Waals surface area contributed by atoms with E-state index in [1.165, 1.54) is 28.8 Å². The predicted octanol–water partition coefficient (Wildman–Crippen LogP) is 4.54. The molecule has 3 rings (SSSR count). The molecule has 31 heavy (non-hydrogen) atoms. The second-order valence-electron chi connectivity index (χ2n) is 6.51. The van der Waals surface area contributed by atoms with E-state index < -0.39 is 5.82 Å². The van der Waals surface area contributed by atoms with Gasteiger partial charge in [0.25, 0.3) is 0 Å². The number of anilines is 3. The van der Waals surface area contributed by atoms with Crippen molar-refractivity contribution in [1.29, 1.82) is 0 Å². The number of rotatable bonds is 8. The van der Waals surface area contributed by atoms with Crippen molar-refractivity contribution in [3.05, 3.63) is 69.7 Å². The minimum absolute atomic E-state index is 0.0692. The normalized spacial score (nSPS) is 10.7. The lowest BCUT2D eigenvalue weighted by Crippen LogP contribution is -2.28. The summed E-state index contributed by atoms with van der Waals surface area (Å²) < 4.78 is 13.9. The van der Waals surface area contributed by atoms with Gasteiger partial charge in [-0.2, -0.15) is 15.0 Å². The molecule has 0 atom stereocenters. The monoisotopic (exact) mass is 480 g/mol. The Morgan fingerprint density at radius 2 is 1.90 bits per heavy atom. The van der Waals surface area contributed by atoms with E-state index in [1.54, 1.807) is 37.4 Å². The number of carbonyl (C=O) groups is 1. The topological polar surface area (TPSA) is 97.0 Å². The molecule has 2 aromatic carbocycles. The molecule has 1 heterocycles. The molecule has 0 unspecified atom stereocenters. The molecular formula is C20H19Cl2FN6OS. The van der Waals surface area contributed by atoms with Crippen molar-refractivity contribution in [2.45, 2.75) is 12.3 Å². The molecule has 0 aliphatic heterocycles. The van der Waals surface area contributed by atoms with Gasteiger partial charge in [-0.15, -0.1) is 11.8 Å². The number of amides is 1. The summed E-state index contributed by atoms with van der Waals surface area (Å²) in [6.45, 7) is 0.0821. The Morgan fingerprint density at radius 1 is 1.16 bits per heavy atom. The van der Waals surface area contributed by atoms with Crippen LogP contribution in [0.25, 0.3) is 0 Å². The van der Waals surface area contributed by atoms with Crippen molar-refractivity contribution in [3.63, 3.8) is 0 Å². The standard InChI is InChI=1S/C20H19Cl2FN6OS/c1-29(9-14-15(22)3-2-4-16(14)23)18(30)11-31-10-17-26-19(24)28-20(27-17)25-13-7-5-12(21)6-8-13/h2-8H,9-11H2,1H3,(H3,24,25,26,27,28). The summed E-state index contributed by atoms with van der Waals surface area (Å²) in [5.41, 5.74) is 6.81. The van der Waals surface area contributed by atoms with Gasteiger partial charge in [0.15, 0.2) is 0 Å². The Hall–Kier alpha value is -2.62. The molecule has 3 aromatic rings. The van der Waals surface area contributed by atoms with Gasteiger partial charge in [0, 0.05) is 34.9 Å². The second-order valence-corrected chi connectivity index (χ2v) is 8.34. The molecule has 0 aliphatic carbocycles. The zero-order valence-corrected chi connectivity index (χ0v) is 18.8. The van der Waals surface area contributed by atoms with Crippen LogP contribution < -0.4 is 11.1 Å². The zero-order valence-electron chi connectivity index (χ0n) is 16.5. The van der Waals surface area contributed by atoms with Crippen molar-refractivity contribution >= 4 is 58.5 Å². The van der Waals surface area contributed by atoms with E-state index in [2.05, 4.69) is 20.3 Å². The average Bonchev–Trinajstić information content (AvgIpc) is 2.72. The Labute approximate surface area is 193 Å². The summed E-state index contributed by atoms with van der Waals surface area (Å²) >= 11 is 13.2. The van der Waals surface area contributed by atoms with Gasteiger partial charge in [-0.05, 0) is 36.4 Å². The fraction of sp³-hybridized carbons (Fsp3) is 0.200. The number of thioether (sulfide) groups is 1. The molecular weight excluding hydrogens is 462 g/mol. The van der Waals surface area contributed by atoms with Crippen LogP contribution in [-0.2, 0) is 17.1 Å².